The molecule has 2 fully saturated rings. The topological polar surface area (TPSA) is 178 Å². The van der Waals surface area contributed by atoms with Gasteiger partial charge in [0, 0.05) is 31.0 Å². The largest absolute Gasteiger partial charge is 0.391 e. The van der Waals surface area contributed by atoms with Crippen molar-refractivity contribution < 1.29 is 24.5 Å². The van der Waals surface area contributed by atoms with E-state index in [0.29, 0.717) is 13.0 Å². The van der Waals surface area contributed by atoms with Crippen LogP contribution >= 0.6 is 0 Å². The molecule has 1 aliphatic heterocycles. The van der Waals surface area contributed by atoms with Gasteiger partial charge in [-0.2, -0.15) is 0 Å². The summed E-state index contributed by atoms with van der Waals surface area (Å²) in [4.78, 5) is 12.2. The molecule has 10 atom stereocenters. The van der Waals surface area contributed by atoms with Gasteiger partial charge in [-0.15, -0.1) is 0 Å². The Bertz CT molecular complexity index is 607. The number of nitrogens with one attached hydrogen (secondary N) is 2. The minimum absolute atomic E-state index is 0.162. The van der Waals surface area contributed by atoms with E-state index in [1.807, 2.05) is 19.2 Å². The fraction of sp³-hybridized carbons (Fsp3) is 0.833. The van der Waals surface area contributed by atoms with Crippen LogP contribution < -0.4 is 27.8 Å². The lowest BCUT2D eigenvalue weighted by atomic mass is 9.78. The maximum atomic E-state index is 12.2. The molecule has 1 amide bonds. The SMILES string of the molecule is CNC[C@@H]1C=C[C@@H](N)[C@@H](O[C@H]2[C@H](C)[C@@H](O)[C@H](NC(=O)C3(O)CC3N)C[C@@H]2N)O1. The van der Waals surface area contributed by atoms with E-state index in [0.717, 1.165) is 0 Å². The molecule has 2 unspecified atom stereocenters. The highest BCUT2D eigenvalue weighted by atomic mass is 16.7. The van der Waals surface area contributed by atoms with Gasteiger partial charge in [0.2, 0.25) is 0 Å². The van der Waals surface area contributed by atoms with Crippen LogP contribution in [0, 0.1) is 5.92 Å². The molecule has 0 aromatic heterocycles. The molecule has 2 saturated carbocycles. The first-order chi connectivity index (χ1) is 13.2. The number of nitrogens with two attached hydrogens (primary N) is 3. The summed E-state index contributed by atoms with van der Waals surface area (Å²) in [5.41, 5.74) is 16.5. The number of hydrogen-bond acceptors (Lipinski definition) is 9. The van der Waals surface area contributed by atoms with Gasteiger partial charge in [0.1, 0.15) is 0 Å². The molecule has 28 heavy (non-hydrogen) atoms. The highest BCUT2D eigenvalue weighted by Crippen LogP contribution is 2.35. The first kappa shape index (κ1) is 21.6. The molecule has 0 aromatic rings. The smallest absolute Gasteiger partial charge is 0.253 e. The van der Waals surface area contributed by atoms with Crippen LogP contribution in [0.4, 0.5) is 0 Å². The van der Waals surface area contributed by atoms with Crippen molar-refractivity contribution in [2.45, 2.75) is 74.1 Å². The van der Waals surface area contributed by atoms with Crippen LogP contribution in [-0.2, 0) is 14.3 Å². The maximum Gasteiger partial charge on any atom is 0.253 e. The zero-order valence-corrected chi connectivity index (χ0v) is 16.3. The molecule has 10 N–H and O–H groups in total. The first-order valence-corrected chi connectivity index (χ1v) is 9.79. The summed E-state index contributed by atoms with van der Waals surface area (Å²) >= 11 is 0. The molecular weight excluding hydrogens is 366 g/mol. The number of carbonyl (C=O) groups excluding carboxylic acids is 1. The molecule has 0 bridgehead atoms. The summed E-state index contributed by atoms with van der Waals surface area (Å²) in [6, 6.07) is -2.05. The fourth-order valence-electron chi connectivity index (χ4n) is 3.96. The van der Waals surface area contributed by atoms with Crippen molar-refractivity contribution in [3.05, 3.63) is 12.2 Å². The monoisotopic (exact) mass is 399 g/mol. The Hall–Kier alpha value is -1.11. The van der Waals surface area contributed by atoms with Crippen molar-refractivity contribution >= 4 is 5.91 Å². The van der Waals surface area contributed by atoms with E-state index in [1.165, 1.54) is 0 Å². The van der Waals surface area contributed by atoms with Crippen molar-refractivity contribution in [1.29, 1.82) is 0 Å². The van der Waals surface area contributed by atoms with E-state index >= 15 is 0 Å². The van der Waals surface area contributed by atoms with Crippen LogP contribution in [0.3, 0.4) is 0 Å². The van der Waals surface area contributed by atoms with Gasteiger partial charge in [0.25, 0.3) is 5.91 Å². The molecule has 0 aromatic carbocycles. The van der Waals surface area contributed by atoms with E-state index in [4.69, 9.17) is 26.7 Å². The Labute approximate surface area is 164 Å². The number of hydrogen-bond donors (Lipinski definition) is 7. The molecule has 0 radical (unpaired) electrons. The van der Waals surface area contributed by atoms with E-state index in [9.17, 15) is 15.0 Å². The van der Waals surface area contributed by atoms with Gasteiger partial charge in [-0.25, -0.2) is 0 Å². The molecule has 1 heterocycles. The zero-order valence-electron chi connectivity index (χ0n) is 16.3. The lowest BCUT2D eigenvalue weighted by Gasteiger charge is -2.44. The van der Waals surface area contributed by atoms with Gasteiger partial charge in [0.15, 0.2) is 11.9 Å². The first-order valence-electron chi connectivity index (χ1n) is 9.79. The van der Waals surface area contributed by atoms with Crippen LogP contribution in [0.25, 0.3) is 0 Å². The average Bonchev–Trinajstić information content (AvgIpc) is 3.27. The summed E-state index contributed by atoms with van der Waals surface area (Å²) in [6.45, 7) is 2.43. The Kier molecular flexibility index (Phi) is 6.42. The van der Waals surface area contributed by atoms with E-state index in [-0.39, 0.29) is 18.4 Å². The number of amides is 1. The van der Waals surface area contributed by atoms with Crippen molar-refractivity contribution in [2.24, 2.45) is 23.1 Å². The van der Waals surface area contributed by atoms with Crippen molar-refractivity contribution in [1.82, 2.24) is 10.6 Å². The van der Waals surface area contributed by atoms with Gasteiger partial charge in [0.05, 0.1) is 30.4 Å². The van der Waals surface area contributed by atoms with E-state index < -0.39 is 54.2 Å². The summed E-state index contributed by atoms with van der Waals surface area (Å²) in [6.07, 6.45) is 2.02. The quantitative estimate of drug-likeness (QED) is 0.227. The van der Waals surface area contributed by atoms with Crippen molar-refractivity contribution in [2.75, 3.05) is 13.6 Å². The summed E-state index contributed by atoms with van der Waals surface area (Å²) in [5.74, 6) is -0.943. The number of rotatable bonds is 6. The zero-order chi connectivity index (χ0) is 20.6. The molecule has 0 spiro atoms. The number of likely N-dealkylation sites (N-methyl/N-ethyl adjacent to an activating group) is 1. The van der Waals surface area contributed by atoms with Crippen LogP contribution in [0.5, 0.6) is 0 Å². The molecular formula is C18H33N5O5. The Morgan fingerprint density at radius 3 is 2.64 bits per heavy atom. The summed E-state index contributed by atoms with van der Waals surface area (Å²) in [5, 5.41) is 26.5. The highest BCUT2D eigenvalue weighted by molar-refractivity contribution is 5.89. The summed E-state index contributed by atoms with van der Waals surface area (Å²) in [7, 11) is 1.83. The average molecular weight is 399 g/mol. The molecule has 3 aliphatic rings. The van der Waals surface area contributed by atoms with Crippen LogP contribution in [0.2, 0.25) is 0 Å². The second-order valence-corrected chi connectivity index (χ2v) is 8.23. The Morgan fingerprint density at radius 1 is 1.36 bits per heavy atom. The van der Waals surface area contributed by atoms with Crippen LogP contribution in [-0.4, -0.2) is 84.1 Å². The number of ether oxygens (including phenoxy) is 2. The van der Waals surface area contributed by atoms with E-state index in [2.05, 4.69) is 10.6 Å². The predicted octanol–water partition coefficient (Wildman–Crippen LogP) is -3.13. The third-order valence-corrected chi connectivity index (χ3v) is 5.98. The number of aliphatic hydroxyl groups excluding tert-OH is 1. The van der Waals surface area contributed by atoms with Crippen LogP contribution in [0.15, 0.2) is 12.2 Å². The highest BCUT2D eigenvalue weighted by Gasteiger charge is 2.58. The minimum atomic E-state index is -1.54. The maximum absolute atomic E-state index is 12.2. The molecule has 0 saturated heterocycles. The summed E-state index contributed by atoms with van der Waals surface area (Å²) < 4.78 is 12.0. The molecule has 3 rings (SSSR count). The lowest BCUT2D eigenvalue weighted by Crippen LogP contribution is -2.63. The van der Waals surface area contributed by atoms with Crippen LogP contribution in [0.1, 0.15) is 19.8 Å². The van der Waals surface area contributed by atoms with Gasteiger partial charge < -0.3 is 47.5 Å². The van der Waals surface area contributed by atoms with Gasteiger partial charge in [-0.05, 0) is 13.5 Å². The molecule has 10 heteroatoms. The standard InChI is InChI=1S/C18H33N5O5/c1-8-14(24)12(23-17(25)18(26)6-13(18)21)5-11(20)15(8)28-16-10(19)4-3-9(27-16)7-22-2/h3-4,8-16,22,24,26H,5-7,19-21H2,1-2H3,(H,23,25)/t8-,9+,10-,11+,12-,13?,14-,15+,16-,18?/m1/s1. The Balaban J connectivity index is 1.60. The third-order valence-electron chi connectivity index (χ3n) is 5.98. The third kappa shape index (κ3) is 4.24. The molecule has 2 aliphatic carbocycles. The number of carbonyl (C=O) groups is 1. The minimum Gasteiger partial charge on any atom is -0.391 e. The lowest BCUT2D eigenvalue weighted by molar-refractivity contribution is -0.221. The van der Waals surface area contributed by atoms with E-state index in [1.54, 1.807) is 6.92 Å². The van der Waals surface area contributed by atoms with Crippen molar-refractivity contribution in [3.8, 4) is 0 Å². The number of aliphatic hydroxyl groups is 2. The molecule has 10 nitrogen and oxygen atoms in total. The fourth-order valence-corrected chi connectivity index (χ4v) is 3.96. The van der Waals surface area contributed by atoms with Crippen molar-refractivity contribution in [3.63, 3.8) is 0 Å². The second-order valence-electron chi connectivity index (χ2n) is 8.23. The Morgan fingerprint density at radius 2 is 2.04 bits per heavy atom. The van der Waals surface area contributed by atoms with Gasteiger partial charge >= 0.3 is 0 Å². The van der Waals surface area contributed by atoms with Gasteiger partial charge in [-0.3, -0.25) is 4.79 Å². The second kappa shape index (κ2) is 8.33. The normalized spacial score (nSPS) is 48.3. The van der Waals surface area contributed by atoms with Gasteiger partial charge in [-0.1, -0.05) is 19.1 Å². The predicted molar refractivity (Wildman–Crippen MR) is 102 cm³/mol. The molecule has 160 valence electrons.